The highest BCUT2D eigenvalue weighted by molar-refractivity contribution is 6.30. The van der Waals surface area contributed by atoms with Crippen molar-refractivity contribution in [2.45, 2.75) is 26.3 Å². The number of benzene rings is 1. The van der Waals surface area contributed by atoms with Crippen LogP contribution in [0, 0.1) is 17.2 Å². The zero-order chi connectivity index (χ0) is 12.8. The molecule has 0 heterocycles. The Morgan fingerprint density at radius 2 is 2.06 bits per heavy atom. The molecular formula is C13H15ClN2O. The number of amides is 1. The van der Waals surface area contributed by atoms with E-state index in [-0.39, 0.29) is 11.9 Å². The highest BCUT2D eigenvalue weighted by Gasteiger charge is 2.17. The second-order valence-corrected chi connectivity index (χ2v) is 4.31. The highest BCUT2D eigenvalue weighted by Crippen LogP contribution is 2.16. The van der Waals surface area contributed by atoms with Gasteiger partial charge in [-0.3, -0.25) is 4.79 Å². The van der Waals surface area contributed by atoms with Gasteiger partial charge in [0.1, 0.15) is 5.92 Å². The van der Waals surface area contributed by atoms with Gasteiger partial charge in [-0.1, -0.05) is 30.7 Å². The van der Waals surface area contributed by atoms with E-state index in [9.17, 15) is 4.79 Å². The summed E-state index contributed by atoms with van der Waals surface area (Å²) in [7, 11) is 0. The first-order chi connectivity index (χ1) is 8.08. The molecule has 0 spiro atoms. The van der Waals surface area contributed by atoms with Crippen molar-refractivity contribution in [3.05, 3.63) is 34.9 Å². The minimum atomic E-state index is -0.579. The lowest BCUT2D eigenvalue weighted by molar-refractivity contribution is -0.124. The number of carbonyl (C=O) groups excluding carboxylic acids is 1. The number of hydrogen-bond acceptors (Lipinski definition) is 2. The molecule has 0 aromatic heterocycles. The van der Waals surface area contributed by atoms with Gasteiger partial charge in [0.2, 0.25) is 5.91 Å². The van der Waals surface area contributed by atoms with Gasteiger partial charge >= 0.3 is 0 Å². The van der Waals surface area contributed by atoms with Gasteiger partial charge in [-0.15, -0.1) is 0 Å². The van der Waals surface area contributed by atoms with Crippen LogP contribution in [0.4, 0.5) is 0 Å². The summed E-state index contributed by atoms with van der Waals surface area (Å²) in [4.78, 5) is 11.7. The van der Waals surface area contributed by atoms with E-state index in [4.69, 9.17) is 16.9 Å². The van der Waals surface area contributed by atoms with E-state index < -0.39 is 5.92 Å². The Hall–Kier alpha value is -1.53. The van der Waals surface area contributed by atoms with E-state index in [1.165, 1.54) is 0 Å². The molecule has 17 heavy (non-hydrogen) atoms. The number of rotatable bonds is 4. The Balaban J connectivity index is 2.66. The second kappa shape index (κ2) is 6.27. The second-order valence-electron chi connectivity index (χ2n) is 3.87. The van der Waals surface area contributed by atoms with Crippen molar-refractivity contribution in [2.24, 2.45) is 5.92 Å². The average molecular weight is 251 g/mol. The van der Waals surface area contributed by atoms with Crippen LogP contribution in [0.2, 0.25) is 5.02 Å². The molecule has 1 N–H and O–H groups in total. The van der Waals surface area contributed by atoms with Crippen molar-refractivity contribution in [3.63, 3.8) is 0 Å². The number of nitrogens with zero attached hydrogens (tertiary/aromatic N) is 1. The Labute approximate surface area is 106 Å². The smallest absolute Gasteiger partial charge is 0.237 e. The van der Waals surface area contributed by atoms with Gasteiger partial charge in [0, 0.05) is 5.02 Å². The Morgan fingerprint density at radius 1 is 1.47 bits per heavy atom. The van der Waals surface area contributed by atoms with Crippen LogP contribution < -0.4 is 5.32 Å². The lowest BCUT2D eigenvalue weighted by Gasteiger charge is -2.16. The molecule has 3 nitrogen and oxygen atoms in total. The lowest BCUT2D eigenvalue weighted by Crippen LogP contribution is -2.31. The number of nitrogens with one attached hydrogen (secondary N) is 1. The summed E-state index contributed by atoms with van der Waals surface area (Å²) in [6.45, 7) is 3.70. The van der Waals surface area contributed by atoms with Gasteiger partial charge in [0.15, 0.2) is 0 Å². The molecule has 1 amide bonds. The van der Waals surface area contributed by atoms with Gasteiger partial charge in [-0.05, 0) is 31.0 Å². The first kappa shape index (κ1) is 13.5. The van der Waals surface area contributed by atoms with Crippen LogP contribution >= 0.6 is 11.6 Å². The third-order valence-corrected chi connectivity index (χ3v) is 2.86. The summed E-state index contributed by atoms with van der Waals surface area (Å²) >= 11 is 5.79. The largest absolute Gasteiger partial charge is 0.348 e. The normalized spacial score (nSPS) is 13.5. The first-order valence-corrected chi connectivity index (χ1v) is 5.91. The van der Waals surface area contributed by atoms with Crippen LogP contribution in [-0.2, 0) is 4.79 Å². The molecule has 2 unspecified atom stereocenters. The molecule has 1 aromatic carbocycles. The summed E-state index contributed by atoms with van der Waals surface area (Å²) in [5.41, 5.74) is 0.968. The highest BCUT2D eigenvalue weighted by atomic mass is 35.5. The zero-order valence-corrected chi connectivity index (χ0v) is 10.7. The maximum atomic E-state index is 11.7. The third-order valence-electron chi connectivity index (χ3n) is 2.61. The Morgan fingerprint density at radius 3 is 2.53 bits per heavy atom. The molecule has 1 rings (SSSR count). The van der Waals surface area contributed by atoms with Crippen LogP contribution in [0.1, 0.15) is 31.9 Å². The number of hydrogen-bond donors (Lipinski definition) is 1. The number of carbonyl (C=O) groups is 1. The summed E-state index contributed by atoms with van der Waals surface area (Å²) in [6.07, 6.45) is 0.523. The molecule has 4 heteroatoms. The molecule has 0 bridgehead atoms. The Kier molecular flexibility index (Phi) is 4.99. The summed E-state index contributed by atoms with van der Waals surface area (Å²) in [5.74, 6) is -0.804. The standard InChI is InChI=1S/C13H15ClN2O/c1-3-10(8-15)13(17)16-9(2)11-4-6-12(14)7-5-11/h4-7,9-10H,3H2,1-2H3,(H,16,17). The van der Waals surface area contributed by atoms with E-state index in [2.05, 4.69) is 5.32 Å². The van der Waals surface area contributed by atoms with E-state index in [0.29, 0.717) is 11.4 Å². The SMILES string of the molecule is CCC(C#N)C(=O)NC(C)c1ccc(Cl)cc1. The van der Waals surface area contributed by atoms with E-state index >= 15 is 0 Å². The van der Waals surface area contributed by atoms with Gasteiger partial charge in [-0.25, -0.2) is 0 Å². The summed E-state index contributed by atoms with van der Waals surface area (Å²) in [5, 5.41) is 12.3. The predicted molar refractivity (Wildman–Crippen MR) is 67.4 cm³/mol. The fourth-order valence-corrected chi connectivity index (χ4v) is 1.61. The van der Waals surface area contributed by atoms with Crippen molar-refractivity contribution in [1.29, 1.82) is 5.26 Å². The van der Waals surface area contributed by atoms with Crippen molar-refractivity contribution in [3.8, 4) is 6.07 Å². The van der Waals surface area contributed by atoms with Crippen LogP contribution in [0.5, 0.6) is 0 Å². The maximum absolute atomic E-state index is 11.7. The van der Waals surface area contributed by atoms with Crippen molar-refractivity contribution >= 4 is 17.5 Å². The molecule has 0 fully saturated rings. The molecule has 0 aliphatic carbocycles. The Bertz CT molecular complexity index is 422. The molecule has 0 saturated heterocycles. The predicted octanol–water partition coefficient (Wildman–Crippen LogP) is 3.07. The minimum Gasteiger partial charge on any atom is -0.348 e. The zero-order valence-electron chi connectivity index (χ0n) is 9.90. The third kappa shape index (κ3) is 3.76. The fourth-order valence-electron chi connectivity index (χ4n) is 1.48. The van der Waals surface area contributed by atoms with Crippen LogP contribution in [-0.4, -0.2) is 5.91 Å². The summed E-state index contributed by atoms with van der Waals surface area (Å²) < 4.78 is 0. The molecule has 90 valence electrons. The van der Waals surface area contributed by atoms with Crippen LogP contribution in [0.25, 0.3) is 0 Å². The lowest BCUT2D eigenvalue weighted by atomic mass is 10.1. The fraction of sp³-hybridized carbons (Fsp3) is 0.385. The number of nitriles is 1. The van der Waals surface area contributed by atoms with Crippen molar-refractivity contribution in [1.82, 2.24) is 5.32 Å². The monoisotopic (exact) mass is 250 g/mol. The van der Waals surface area contributed by atoms with Gasteiger partial charge in [-0.2, -0.15) is 5.26 Å². The van der Waals surface area contributed by atoms with Crippen LogP contribution in [0.3, 0.4) is 0 Å². The van der Waals surface area contributed by atoms with E-state index in [0.717, 1.165) is 5.56 Å². The van der Waals surface area contributed by atoms with Crippen LogP contribution in [0.15, 0.2) is 24.3 Å². The summed E-state index contributed by atoms with van der Waals surface area (Å²) in [6, 6.07) is 9.14. The topological polar surface area (TPSA) is 52.9 Å². The van der Waals surface area contributed by atoms with Gasteiger partial charge in [0.25, 0.3) is 0 Å². The molecule has 0 radical (unpaired) electrons. The average Bonchev–Trinajstić information content (AvgIpc) is 2.31. The minimum absolute atomic E-state index is 0.123. The molecule has 0 aliphatic heterocycles. The van der Waals surface area contributed by atoms with E-state index in [1.54, 1.807) is 12.1 Å². The molecule has 1 aromatic rings. The molecule has 0 aliphatic rings. The van der Waals surface area contributed by atoms with Gasteiger partial charge < -0.3 is 5.32 Å². The molecule has 2 atom stereocenters. The van der Waals surface area contributed by atoms with Gasteiger partial charge in [0.05, 0.1) is 12.1 Å². The first-order valence-electron chi connectivity index (χ1n) is 5.54. The molecular weight excluding hydrogens is 236 g/mol. The quantitative estimate of drug-likeness (QED) is 0.893. The maximum Gasteiger partial charge on any atom is 0.237 e. The van der Waals surface area contributed by atoms with Crippen molar-refractivity contribution < 1.29 is 4.79 Å². The van der Waals surface area contributed by atoms with E-state index in [1.807, 2.05) is 32.0 Å². The number of halogens is 1. The van der Waals surface area contributed by atoms with Crippen molar-refractivity contribution in [2.75, 3.05) is 0 Å². The molecule has 0 saturated carbocycles.